The highest BCUT2D eigenvalue weighted by Crippen LogP contribution is 2.21. The van der Waals surface area contributed by atoms with E-state index in [4.69, 9.17) is 4.42 Å². The number of aromatic nitrogens is 1. The Morgan fingerprint density at radius 3 is 2.62 bits per heavy atom. The van der Waals surface area contributed by atoms with Crippen LogP contribution in [0.1, 0.15) is 0 Å². The minimum absolute atomic E-state index is 0.392. The molecule has 78 valence electrons. The van der Waals surface area contributed by atoms with E-state index in [0.717, 1.165) is 5.52 Å². The molecule has 4 heteroatoms. The van der Waals surface area contributed by atoms with E-state index < -0.39 is 10.9 Å². The number of hydrogen-bond donors (Lipinski definition) is 1. The van der Waals surface area contributed by atoms with Crippen LogP contribution in [0, 0.1) is 0 Å². The summed E-state index contributed by atoms with van der Waals surface area (Å²) in [5.74, 6) is 0.392. The molecule has 0 saturated carbocycles. The Morgan fingerprint density at radius 1 is 1.00 bits per heavy atom. The van der Waals surface area contributed by atoms with Gasteiger partial charge in [0.15, 0.2) is 11.3 Å². The fraction of sp³-hybridized carbons (Fsp3) is 0. The summed E-state index contributed by atoms with van der Waals surface area (Å²) in [6.07, 6.45) is 0. The van der Waals surface area contributed by atoms with Crippen molar-refractivity contribution in [2.45, 2.75) is 0 Å². The summed E-state index contributed by atoms with van der Waals surface area (Å²) in [4.78, 5) is 25.4. The molecule has 0 spiro atoms. The fourth-order valence-corrected chi connectivity index (χ4v) is 1.65. The van der Waals surface area contributed by atoms with Crippen molar-refractivity contribution < 1.29 is 4.42 Å². The molecule has 3 rings (SSSR count). The lowest BCUT2D eigenvalue weighted by atomic mass is 10.2. The van der Waals surface area contributed by atoms with Crippen molar-refractivity contribution >= 4 is 11.1 Å². The van der Waals surface area contributed by atoms with Crippen LogP contribution in [0.5, 0.6) is 0 Å². The normalized spacial score (nSPS) is 11.0. The lowest BCUT2D eigenvalue weighted by molar-refractivity contribution is 0.612. The predicted octanol–water partition coefficient (Wildman–Crippen LogP) is 1.59. The van der Waals surface area contributed by atoms with Crippen LogP contribution in [0.2, 0.25) is 0 Å². The van der Waals surface area contributed by atoms with E-state index in [0.29, 0.717) is 17.0 Å². The van der Waals surface area contributed by atoms with Crippen LogP contribution in [0.4, 0.5) is 0 Å². The summed E-state index contributed by atoms with van der Waals surface area (Å²) in [5, 5.41) is 0. The second-order valence-corrected chi connectivity index (χ2v) is 3.52. The van der Waals surface area contributed by atoms with Gasteiger partial charge in [0.05, 0.1) is 11.2 Å². The molecule has 0 amide bonds. The van der Waals surface area contributed by atoms with Gasteiger partial charge in [-0.3, -0.25) is 9.59 Å². The van der Waals surface area contributed by atoms with Crippen LogP contribution in [0.15, 0.2) is 50.4 Å². The highest BCUT2D eigenvalue weighted by molar-refractivity contribution is 5.75. The second-order valence-electron chi connectivity index (χ2n) is 3.52. The second kappa shape index (κ2) is 3.06. The van der Waals surface area contributed by atoms with Crippen molar-refractivity contribution in [1.82, 2.24) is 4.98 Å². The first kappa shape index (κ1) is 8.91. The molecular formula is C12H7NO3. The summed E-state index contributed by atoms with van der Waals surface area (Å²) in [7, 11) is 0. The molecule has 0 bridgehead atoms. The molecule has 0 aromatic heterocycles. The maximum atomic E-state index is 11.2. The van der Waals surface area contributed by atoms with Crippen molar-refractivity contribution in [2.24, 2.45) is 0 Å². The van der Waals surface area contributed by atoms with E-state index in [9.17, 15) is 9.59 Å². The number of aromatic amines is 1. The monoisotopic (exact) mass is 213 g/mol. The molecule has 1 aromatic carbocycles. The van der Waals surface area contributed by atoms with Gasteiger partial charge in [-0.2, -0.15) is 0 Å². The van der Waals surface area contributed by atoms with Crippen LogP contribution < -0.4 is 10.9 Å². The van der Waals surface area contributed by atoms with E-state index >= 15 is 0 Å². The molecule has 1 aromatic rings. The Labute approximate surface area is 89.5 Å². The van der Waals surface area contributed by atoms with Gasteiger partial charge in [0, 0.05) is 12.1 Å². The van der Waals surface area contributed by atoms with Crippen LogP contribution in [-0.2, 0) is 0 Å². The molecule has 0 atom stereocenters. The fourth-order valence-electron chi connectivity index (χ4n) is 1.65. The van der Waals surface area contributed by atoms with Gasteiger partial charge in [-0.15, -0.1) is 0 Å². The van der Waals surface area contributed by atoms with Crippen molar-refractivity contribution in [3.63, 3.8) is 0 Å². The first-order chi connectivity index (χ1) is 7.74. The zero-order valence-corrected chi connectivity index (χ0v) is 8.19. The van der Waals surface area contributed by atoms with Crippen molar-refractivity contribution in [2.75, 3.05) is 0 Å². The average molecular weight is 213 g/mol. The summed E-state index contributed by atoms with van der Waals surface area (Å²) in [6, 6.07) is 9.80. The van der Waals surface area contributed by atoms with Gasteiger partial charge in [0.1, 0.15) is 0 Å². The first-order valence-electron chi connectivity index (χ1n) is 4.80. The van der Waals surface area contributed by atoms with Gasteiger partial charge in [-0.05, 0) is 12.1 Å². The molecule has 2 aliphatic rings. The number of nitrogens with one attached hydrogen (secondary N) is 1. The van der Waals surface area contributed by atoms with E-state index in [1.54, 1.807) is 6.07 Å². The summed E-state index contributed by atoms with van der Waals surface area (Å²) >= 11 is 0. The summed E-state index contributed by atoms with van der Waals surface area (Å²) in [6.45, 7) is 0. The van der Waals surface area contributed by atoms with Gasteiger partial charge in [-0.25, -0.2) is 0 Å². The minimum atomic E-state index is -0.556. The Hall–Kier alpha value is -2.36. The highest BCUT2D eigenvalue weighted by atomic mass is 16.3. The largest absolute Gasteiger partial charge is 0.453 e. The van der Waals surface area contributed by atoms with Crippen molar-refractivity contribution in [3.8, 4) is 11.5 Å². The number of H-pyrrole nitrogens is 1. The standard InChI is InChI=1S/C12H7NO3/c14-9-5-8-12(6-10(9)15)16-11-4-2-1-3-7(11)13-8/h1-6,13H. The molecule has 4 nitrogen and oxygen atoms in total. The van der Waals surface area contributed by atoms with Gasteiger partial charge < -0.3 is 9.40 Å². The van der Waals surface area contributed by atoms with Crippen LogP contribution in [-0.4, -0.2) is 4.98 Å². The Kier molecular flexibility index (Phi) is 1.71. The Morgan fingerprint density at radius 2 is 1.75 bits per heavy atom. The highest BCUT2D eigenvalue weighted by Gasteiger charge is 2.09. The number of fused-ring (bicyclic) bond motifs is 2. The lowest BCUT2D eigenvalue weighted by Crippen LogP contribution is -2.22. The predicted molar refractivity (Wildman–Crippen MR) is 59.7 cm³/mol. The molecular weight excluding hydrogens is 206 g/mol. The first-order valence-corrected chi connectivity index (χ1v) is 4.80. The van der Waals surface area contributed by atoms with Crippen molar-refractivity contribution in [1.29, 1.82) is 0 Å². The quantitative estimate of drug-likeness (QED) is 0.455. The third-order valence-corrected chi connectivity index (χ3v) is 2.42. The zero-order chi connectivity index (χ0) is 11.1. The van der Waals surface area contributed by atoms with E-state index in [1.807, 2.05) is 18.2 Å². The molecule has 0 radical (unpaired) electrons. The lowest BCUT2D eigenvalue weighted by Gasteiger charge is -2.05. The van der Waals surface area contributed by atoms with Crippen molar-refractivity contribution in [3.05, 3.63) is 56.8 Å². The molecule has 1 heterocycles. The van der Waals surface area contributed by atoms with E-state index in [1.165, 1.54) is 12.1 Å². The molecule has 16 heavy (non-hydrogen) atoms. The smallest absolute Gasteiger partial charge is 0.229 e. The Bertz CT molecular complexity index is 689. The third kappa shape index (κ3) is 1.24. The summed E-state index contributed by atoms with van der Waals surface area (Å²) in [5.41, 5.74) is 0.874. The number of benzene rings is 2. The molecule has 0 fully saturated rings. The Balaban J connectivity index is 2.53. The van der Waals surface area contributed by atoms with Gasteiger partial charge in [0.25, 0.3) is 0 Å². The molecule has 0 saturated heterocycles. The van der Waals surface area contributed by atoms with Gasteiger partial charge in [0.2, 0.25) is 10.9 Å². The summed E-state index contributed by atoms with van der Waals surface area (Å²) < 4.78 is 5.51. The molecule has 1 N–H and O–H groups in total. The SMILES string of the molecule is O=c1cc2[nH]c3ccccc3oc-2cc1=O. The molecule has 0 unspecified atom stereocenters. The van der Waals surface area contributed by atoms with E-state index in [2.05, 4.69) is 4.98 Å². The van der Waals surface area contributed by atoms with Crippen LogP contribution >= 0.6 is 0 Å². The van der Waals surface area contributed by atoms with E-state index in [-0.39, 0.29) is 0 Å². The topological polar surface area (TPSA) is 63.1 Å². The number of rotatable bonds is 0. The number of hydrogen-bond acceptors (Lipinski definition) is 3. The number of para-hydroxylation sites is 2. The maximum absolute atomic E-state index is 11.2. The maximum Gasteiger partial charge on any atom is 0.229 e. The average Bonchev–Trinajstić information content (AvgIpc) is 2.28. The minimum Gasteiger partial charge on any atom is -0.453 e. The van der Waals surface area contributed by atoms with Crippen LogP contribution in [0.3, 0.4) is 0 Å². The van der Waals surface area contributed by atoms with Gasteiger partial charge >= 0.3 is 0 Å². The zero-order valence-electron chi connectivity index (χ0n) is 8.19. The molecule has 1 aliphatic heterocycles. The van der Waals surface area contributed by atoms with Crippen LogP contribution in [0.25, 0.3) is 22.6 Å². The van der Waals surface area contributed by atoms with Gasteiger partial charge in [-0.1, -0.05) is 12.1 Å². The third-order valence-electron chi connectivity index (χ3n) is 2.42. The molecule has 1 aliphatic carbocycles.